The number of nitrogens with zero attached hydrogens (tertiary/aromatic N) is 6. The summed E-state index contributed by atoms with van der Waals surface area (Å²) in [6.07, 6.45) is 11.8. The van der Waals surface area contributed by atoms with Crippen LogP contribution in [0.4, 0.5) is 5.82 Å². The Balaban J connectivity index is 1.48. The third-order valence-electron chi connectivity index (χ3n) is 5.22. The molecule has 1 spiro atoms. The number of hydrogen-bond acceptors (Lipinski definition) is 6. The summed E-state index contributed by atoms with van der Waals surface area (Å²) in [5, 5.41) is 4.29. The molecule has 2 aliphatic heterocycles. The van der Waals surface area contributed by atoms with Crippen molar-refractivity contribution < 1.29 is 4.74 Å². The van der Waals surface area contributed by atoms with Crippen molar-refractivity contribution in [2.75, 3.05) is 44.3 Å². The van der Waals surface area contributed by atoms with Crippen LogP contribution in [0.5, 0.6) is 0 Å². The lowest BCUT2D eigenvalue weighted by molar-refractivity contribution is 0.0106. The van der Waals surface area contributed by atoms with Crippen molar-refractivity contribution in [2.24, 2.45) is 12.5 Å². The van der Waals surface area contributed by atoms with E-state index in [4.69, 9.17) is 4.74 Å². The normalized spacial score (nSPS) is 25.2. The first kappa shape index (κ1) is 16.5. The zero-order chi connectivity index (χ0) is 17.1. The molecule has 2 fully saturated rings. The molecule has 0 unspecified atom stereocenters. The van der Waals surface area contributed by atoms with E-state index in [1.165, 1.54) is 18.4 Å². The molecular formula is C18H26N6O. The van der Waals surface area contributed by atoms with Crippen molar-refractivity contribution in [3.05, 3.63) is 36.5 Å². The summed E-state index contributed by atoms with van der Waals surface area (Å²) in [4.78, 5) is 13.6. The van der Waals surface area contributed by atoms with E-state index >= 15 is 0 Å². The summed E-state index contributed by atoms with van der Waals surface area (Å²) in [5.41, 5.74) is 1.44. The molecule has 1 atom stereocenters. The van der Waals surface area contributed by atoms with Gasteiger partial charge in [-0.2, -0.15) is 5.10 Å². The van der Waals surface area contributed by atoms with Gasteiger partial charge in [-0.3, -0.25) is 14.6 Å². The lowest BCUT2D eigenvalue weighted by atomic mass is 9.80. The molecule has 7 heteroatoms. The Morgan fingerprint density at radius 2 is 2.16 bits per heavy atom. The highest BCUT2D eigenvalue weighted by Gasteiger charge is 2.39. The Morgan fingerprint density at radius 3 is 2.96 bits per heavy atom. The van der Waals surface area contributed by atoms with Crippen LogP contribution in [0.15, 0.2) is 31.0 Å². The fourth-order valence-electron chi connectivity index (χ4n) is 4.15. The highest BCUT2D eigenvalue weighted by molar-refractivity contribution is 5.36. The number of anilines is 1. The molecule has 0 amide bonds. The summed E-state index contributed by atoms with van der Waals surface area (Å²) in [6, 6.07) is 0. The van der Waals surface area contributed by atoms with Crippen LogP contribution in [-0.4, -0.2) is 64.0 Å². The standard InChI is InChI=1S/C18H26N6O/c1-22-11-16(9-21-22)12-23-6-2-3-18(13-23)14-24(7-8-25-15-18)17-10-19-4-5-20-17/h4-5,9-11H,2-3,6-8,12-15H2,1H3/t18-/m1/s1. The predicted molar refractivity (Wildman–Crippen MR) is 95.2 cm³/mol. The third kappa shape index (κ3) is 3.82. The van der Waals surface area contributed by atoms with Gasteiger partial charge in [-0.05, 0) is 19.4 Å². The van der Waals surface area contributed by atoms with Crippen molar-refractivity contribution in [1.29, 1.82) is 0 Å². The van der Waals surface area contributed by atoms with E-state index in [1.54, 1.807) is 12.4 Å². The van der Waals surface area contributed by atoms with E-state index in [1.807, 2.05) is 24.1 Å². The maximum atomic E-state index is 6.01. The molecule has 7 nitrogen and oxygen atoms in total. The van der Waals surface area contributed by atoms with Crippen LogP contribution in [-0.2, 0) is 18.3 Å². The van der Waals surface area contributed by atoms with Crippen LogP contribution in [0.3, 0.4) is 0 Å². The molecule has 0 N–H and O–H groups in total. The highest BCUT2D eigenvalue weighted by atomic mass is 16.5. The SMILES string of the molecule is Cn1cc(CN2CCC[C@@]3(COCCN(c4cnccn4)C3)C2)cn1. The van der Waals surface area contributed by atoms with Crippen molar-refractivity contribution in [3.8, 4) is 0 Å². The van der Waals surface area contributed by atoms with Gasteiger partial charge in [0.25, 0.3) is 0 Å². The summed E-state index contributed by atoms with van der Waals surface area (Å²) in [7, 11) is 1.97. The van der Waals surface area contributed by atoms with E-state index in [0.29, 0.717) is 0 Å². The number of ether oxygens (including phenoxy) is 1. The molecule has 0 aromatic carbocycles. The fourth-order valence-corrected chi connectivity index (χ4v) is 4.15. The lowest BCUT2D eigenvalue weighted by Crippen LogP contribution is -2.50. The van der Waals surface area contributed by atoms with Gasteiger partial charge in [-0.25, -0.2) is 4.98 Å². The summed E-state index contributed by atoms with van der Waals surface area (Å²) < 4.78 is 7.88. The fraction of sp³-hybridized carbons (Fsp3) is 0.611. The minimum atomic E-state index is 0.161. The van der Waals surface area contributed by atoms with E-state index in [2.05, 4.69) is 31.1 Å². The zero-order valence-electron chi connectivity index (χ0n) is 14.8. The topological polar surface area (TPSA) is 59.3 Å². The minimum Gasteiger partial charge on any atom is -0.379 e. The first-order valence-electron chi connectivity index (χ1n) is 9.01. The monoisotopic (exact) mass is 342 g/mol. The van der Waals surface area contributed by atoms with E-state index < -0.39 is 0 Å². The number of piperidine rings is 1. The van der Waals surface area contributed by atoms with Crippen LogP contribution < -0.4 is 4.90 Å². The van der Waals surface area contributed by atoms with Crippen LogP contribution in [0, 0.1) is 5.41 Å². The van der Waals surface area contributed by atoms with Crippen molar-refractivity contribution >= 4 is 5.82 Å². The van der Waals surface area contributed by atoms with E-state index in [0.717, 1.165) is 51.8 Å². The zero-order valence-corrected chi connectivity index (χ0v) is 14.8. The van der Waals surface area contributed by atoms with Gasteiger partial charge in [0.1, 0.15) is 5.82 Å². The van der Waals surface area contributed by atoms with Gasteiger partial charge < -0.3 is 9.64 Å². The van der Waals surface area contributed by atoms with Crippen LogP contribution in [0.25, 0.3) is 0 Å². The second kappa shape index (κ2) is 7.09. The summed E-state index contributed by atoms with van der Waals surface area (Å²) >= 11 is 0. The Bertz CT molecular complexity index is 690. The van der Waals surface area contributed by atoms with Crippen molar-refractivity contribution in [2.45, 2.75) is 19.4 Å². The molecule has 2 saturated heterocycles. The van der Waals surface area contributed by atoms with Gasteiger partial charge in [-0.15, -0.1) is 0 Å². The molecule has 0 radical (unpaired) electrons. The number of likely N-dealkylation sites (tertiary alicyclic amines) is 1. The van der Waals surface area contributed by atoms with Crippen LogP contribution in [0.1, 0.15) is 18.4 Å². The number of hydrogen-bond donors (Lipinski definition) is 0. The summed E-state index contributed by atoms with van der Waals surface area (Å²) in [5.74, 6) is 0.955. The number of aromatic nitrogens is 4. The van der Waals surface area contributed by atoms with Gasteiger partial charge in [0.15, 0.2) is 0 Å². The minimum absolute atomic E-state index is 0.161. The molecule has 0 aliphatic carbocycles. The molecule has 0 bridgehead atoms. The van der Waals surface area contributed by atoms with Gasteiger partial charge in [0.2, 0.25) is 0 Å². The number of aryl methyl sites for hydroxylation is 1. The van der Waals surface area contributed by atoms with Crippen LogP contribution >= 0.6 is 0 Å². The first-order chi connectivity index (χ1) is 12.2. The maximum absolute atomic E-state index is 6.01. The molecular weight excluding hydrogens is 316 g/mol. The van der Waals surface area contributed by atoms with Crippen molar-refractivity contribution in [3.63, 3.8) is 0 Å². The Morgan fingerprint density at radius 1 is 1.20 bits per heavy atom. The molecule has 2 aromatic heterocycles. The average molecular weight is 342 g/mol. The Kier molecular flexibility index (Phi) is 4.67. The second-order valence-electron chi connectivity index (χ2n) is 7.37. The Hall–Kier alpha value is -1.99. The average Bonchev–Trinajstić information content (AvgIpc) is 2.92. The van der Waals surface area contributed by atoms with Gasteiger partial charge in [0.05, 0.1) is 25.6 Å². The van der Waals surface area contributed by atoms with Crippen LogP contribution in [0.2, 0.25) is 0 Å². The maximum Gasteiger partial charge on any atom is 0.147 e. The Labute approximate surface area is 148 Å². The molecule has 4 rings (SSSR count). The number of rotatable bonds is 3. The first-order valence-corrected chi connectivity index (χ1v) is 9.01. The smallest absolute Gasteiger partial charge is 0.147 e. The second-order valence-corrected chi connectivity index (χ2v) is 7.37. The molecule has 0 saturated carbocycles. The van der Waals surface area contributed by atoms with Gasteiger partial charge >= 0.3 is 0 Å². The lowest BCUT2D eigenvalue weighted by Gasteiger charge is -2.43. The molecule has 134 valence electrons. The molecule has 2 aliphatic rings. The van der Waals surface area contributed by atoms with Gasteiger partial charge in [-0.1, -0.05) is 0 Å². The van der Waals surface area contributed by atoms with E-state index in [9.17, 15) is 0 Å². The largest absolute Gasteiger partial charge is 0.379 e. The quantitative estimate of drug-likeness (QED) is 0.839. The van der Waals surface area contributed by atoms with E-state index in [-0.39, 0.29) is 5.41 Å². The highest BCUT2D eigenvalue weighted by Crippen LogP contribution is 2.34. The molecule has 4 heterocycles. The summed E-state index contributed by atoms with van der Waals surface area (Å²) in [6.45, 7) is 6.59. The predicted octanol–water partition coefficient (Wildman–Crippen LogP) is 1.33. The van der Waals surface area contributed by atoms with Crippen molar-refractivity contribution in [1.82, 2.24) is 24.6 Å². The van der Waals surface area contributed by atoms with Gasteiger partial charge in [0, 0.05) is 62.8 Å². The molecule has 2 aromatic rings. The third-order valence-corrected chi connectivity index (χ3v) is 5.22. The molecule has 25 heavy (non-hydrogen) atoms.